The van der Waals surface area contributed by atoms with E-state index in [0.717, 1.165) is 41.0 Å². The molecule has 0 saturated heterocycles. The maximum Gasteiger partial charge on any atom is 0.316 e. The van der Waals surface area contributed by atoms with E-state index >= 15 is 0 Å². The molecule has 0 spiro atoms. The second-order valence-corrected chi connectivity index (χ2v) is 5.65. The van der Waals surface area contributed by atoms with Gasteiger partial charge < -0.3 is 10.1 Å². The Morgan fingerprint density at radius 3 is 2.95 bits per heavy atom. The molecule has 1 aromatic carbocycles. The van der Waals surface area contributed by atoms with Gasteiger partial charge in [-0.05, 0) is 30.7 Å². The highest BCUT2D eigenvalue weighted by atomic mass is 32.2. The summed E-state index contributed by atoms with van der Waals surface area (Å²) in [7, 11) is 1.40. The lowest BCUT2D eigenvalue weighted by atomic mass is 10.1. The van der Waals surface area contributed by atoms with E-state index < -0.39 is 0 Å². The summed E-state index contributed by atoms with van der Waals surface area (Å²) >= 11 is 1.43. The number of carbonyl (C=O) groups excluding carboxylic acids is 1. The lowest BCUT2D eigenvalue weighted by Crippen LogP contribution is -2.15. The van der Waals surface area contributed by atoms with Gasteiger partial charge in [0.1, 0.15) is 5.03 Å². The van der Waals surface area contributed by atoms with Gasteiger partial charge in [-0.25, -0.2) is 4.98 Å². The molecule has 0 aliphatic rings. The minimum absolute atomic E-state index is 0.234. The minimum atomic E-state index is -0.234. The zero-order valence-electron chi connectivity index (χ0n) is 12.4. The number of hydrogen-bond donors (Lipinski definition) is 1. The number of esters is 1. The molecule has 0 radical (unpaired) electrons. The summed E-state index contributed by atoms with van der Waals surface area (Å²) in [6, 6.07) is 10.2. The molecule has 21 heavy (non-hydrogen) atoms. The van der Waals surface area contributed by atoms with Crippen molar-refractivity contribution in [1.29, 1.82) is 0 Å². The predicted octanol–water partition coefficient (Wildman–Crippen LogP) is 3.00. The van der Waals surface area contributed by atoms with Crippen LogP contribution in [0.2, 0.25) is 0 Å². The predicted molar refractivity (Wildman–Crippen MR) is 86.5 cm³/mol. The number of nitrogens with one attached hydrogen (secondary N) is 1. The SMILES string of the molecule is CCCNCc1cc2ccccc2nc1SCC(=O)OC. The molecule has 1 heterocycles. The number of aromatic nitrogens is 1. The quantitative estimate of drug-likeness (QED) is 0.484. The highest BCUT2D eigenvalue weighted by Crippen LogP contribution is 2.25. The Morgan fingerprint density at radius 1 is 1.38 bits per heavy atom. The van der Waals surface area contributed by atoms with Gasteiger partial charge in [0.25, 0.3) is 0 Å². The largest absolute Gasteiger partial charge is 0.468 e. The van der Waals surface area contributed by atoms with Crippen LogP contribution in [0.15, 0.2) is 35.4 Å². The van der Waals surface area contributed by atoms with E-state index in [-0.39, 0.29) is 11.7 Å². The summed E-state index contributed by atoms with van der Waals surface area (Å²) in [4.78, 5) is 16.0. The van der Waals surface area contributed by atoms with Gasteiger partial charge >= 0.3 is 5.97 Å². The van der Waals surface area contributed by atoms with Crippen molar-refractivity contribution >= 4 is 28.6 Å². The Bertz CT molecular complexity index is 616. The number of ether oxygens (including phenoxy) is 1. The lowest BCUT2D eigenvalue weighted by molar-refractivity contribution is -0.137. The van der Waals surface area contributed by atoms with Gasteiger partial charge in [-0.1, -0.05) is 36.9 Å². The van der Waals surface area contributed by atoms with Gasteiger partial charge in [-0.3, -0.25) is 4.79 Å². The Kier molecular flexibility index (Phi) is 6.02. The third-order valence-corrected chi connectivity index (χ3v) is 4.07. The zero-order valence-corrected chi connectivity index (χ0v) is 13.2. The van der Waals surface area contributed by atoms with Crippen molar-refractivity contribution in [2.45, 2.75) is 24.9 Å². The molecule has 4 nitrogen and oxygen atoms in total. The number of hydrogen-bond acceptors (Lipinski definition) is 5. The number of fused-ring (bicyclic) bond motifs is 1. The topological polar surface area (TPSA) is 51.2 Å². The van der Waals surface area contributed by atoms with Crippen LogP contribution in [-0.4, -0.2) is 30.4 Å². The smallest absolute Gasteiger partial charge is 0.316 e. The number of nitrogens with zero attached hydrogens (tertiary/aromatic N) is 1. The van der Waals surface area contributed by atoms with Gasteiger partial charge in [0.2, 0.25) is 0 Å². The standard InChI is InChI=1S/C16H20N2O2S/c1-3-8-17-10-13-9-12-6-4-5-7-14(12)18-16(13)21-11-15(19)20-2/h4-7,9,17H,3,8,10-11H2,1-2H3. The number of rotatable bonds is 7. The molecule has 1 N–H and O–H groups in total. The van der Waals surface area contributed by atoms with Crippen LogP contribution >= 0.6 is 11.8 Å². The van der Waals surface area contributed by atoms with Gasteiger partial charge in [0.05, 0.1) is 18.4 Å². The third kappa shape index (κ3) is 4.44. The Labute approximate surface area is 129 Å². The van der Waals surface area contributed by atoms with Crippen molar-refractivity contribution in [1.82, 2.24) is 10.3 Å². The highest BCUT2D eigenvalue weighted by molar-refractivity contribution is 7.99. The van der Waals surface area contributed by atoms with E-state index in [4.69, 9.17) is 4.74 Å². The Balaban J connectivity index is 2.24. The van der Waals surface area contributed by atoms with Gasteiger partial charge in [0.15, 0.2) is 0 Å². The van der Waals surface area contributed by atoms with Crippen LogP contribution in [-0.2, 0) is 16.1 Å². The van der Waals surface area contributed by atoms with Crippen LogP contribution in [0.1, 0.15) is 18.9 Å². The fourth-order valence-electron chi connectivity index (χ4n) is 1.98. The molecule has 2 rings (SSSR count). The van der Waals surface area contributed by atoms with Crippen LogP contribution in [0.25, 0.3) is 10.9 Å². The van der Waals surface area contributed by atoms with Crippen molar-refractivity contribution in [3.05, 3.63) is 35.9 Å². The summed E-state index contributed by atoms with van der Waals surface area (Å²) in [6.07, 6.45) is 1.09. The lowest BCUT2D eigenvalue weighted by Gasteiger charge is -2.11. The van der Waals surface area contributed by atoms with Crippen molar-refractivity contribution in [2.24, 2.45) is 0 Å². The van der Waals surface area contributed by atoms with Crippen molar-refractivity contribution < 1.29 is 9.53 Å². The summed E-state index contributed by atoms with van der Waals surface area (Å²) in [5, 5.41) is 5.40. The maximum atomic E-state index is 11.3. The van der Waals surface area contributed by atoms with Crippen molar-refractivity contribution in [3.8, 4) is 0 Å². The van der Waals surface area contributed by atoms with Crippen molar-refractivity contribution in [2.75, 3.05) is 19.4 Å². The average Bonchev–Trinajstić information content (AvgIpc) is 2.52. The van der Waals surface area contributed by atoms with E-state index in [1.807, 2.05) is 18.2 Å². The summed E-state index contributed by atoms with van der Waals surface area (Å²) in [5.74, 6) is 0.0465. The van der Waals surface area contributed by atoms with E-state index in [0.29, 0.717) is 0 Å². The number of carbonyl (C=O) groups is 1. The van der Waals surface area contributed by atoms with Crippen LogP contribution in [0.5, 0.6) is 0 Å². The molecular weight excluding hydrogens is 284 g/mol. The maximum absolute atomic E-state index is 11.3. The Morgan fingerprint density at radius 2 is 2.19 bits per heavy atom. The summed E-state index contributed by atoms with van der Waals surface area (Å²) in [6.45, 7) is 3.86. The van der Waals surface area contributed by atoms with Crippen molar-refractivity contribution in [3.63, 3.8) is 0 Å². The van der Waals surface area contributed by atoms with Gasteiger partial charge in [0, 0.05) is 11.9 Å². The molecule has 0 fully saturated rings. The van der Waals surface area contributed by atoms with Gasteiger partial charge in [-0.15, -0.1) is 0 Å². The minimum Gasteiger partial charge on any atom is -0.468 e. The van der Waals surface area contributed by atoms with Crippen LogP contribution in [0, 0.1) is 0 Å². The molecule has 0 atom stereocenters. The molecule has 0 saturated carbocycles. The number of pyridine rings is 1. The van der Waals surface area contributed by atoms with E-state index in [2.05, 4.69) is 29.4 Å². The Hall–Kier alpha value is -1.59. The number of methoxy groups -OCH3 is 1. The molecule has 1 aromatic heterocycles. The molecule has 2 aromatic rings. The van der Waals surface area contributed by atoms with Gasteiger partial charge in [-0.2, -0.15) is 0 Å². The fraction of sp³-hybridized carbons (Fsp3) is 0.375. The number of thioether (sulfide) groups is 1. The number of para-hydroxylation sites is 1. The first kappa shape index (κ1) is 15.8. The normalized spacial score (nSPS) is 10.8. The molecule has 0 aliphatic heterocycles. The molecule has 0 amide bonds. The van der Waals surface area contributed by atoms with Crippen LogP contribution in [0.4, 0.5) is 0 Å². The molecule has 0 aliphatic carbocycles. The van der Waals surface area contributed by atoms with E-state index in [9.17, 15) is 4.79 Å². The first-order valence-corrected chi connectivity index (χ1v) is 8.02. The summed E-state index contributed by atoms with van der Waals surface area (Å²) in [5.41, 5.74) is 2.07. The molecule has 112 valence electrons. The van der Waals surface area contributed by atoms with Crippen LogP contribution in [0.3, 0.4) is 0 Å². The van der Waals surface area contributed by atoms with E-state index in [1.54, 1.807) is 0 Å². The second kappa shape index (κ2) is 8.00. The third-order valence-electron chi connectivity index (χ3n) is 3.06. The fourth-order valence-corrected chi connectivity index (χ4v) is 2.83. The number of benzene rings is 1. The highest BCUT2D eigenvalue weighted by Gasteiger charge is 2.10. The molecule has 0 unspecified atom stereocenters. The zero-order chi connectivity index (χ0) is 15.1. The average molecular weight is 304 g/mol. The monoisotopic (exact) mass is 304 g/mol. The first-order valence-electron chi connectivity index (χ1n) is 7.03. The van der Waals surface area contributed by atoms with Crippen LogP contribution < -0.4 is 5.32 Å². The first-order chi connectivity index (χ1) is 10.2. The second-order valence-electron chi connectivity index (χ2n) is 4.69. The molecule has 5 heteroatoms. The molecule has 0 bridgehead atoms. The van der Waals surface area contributed by atoms with E-state index in [1.165, 1.54) is 18.9 Å². The molecular formula is C16H20N2O2S. The summed E-state index contributed by atoms with van der Waals surface area (Å²) < 4.78 is 4.69.